The van der Waals surface area contributed by atoms with Gasteiger partial charge in [0.05, 0.1) is 40.3 Å². The third kappa shape index (κ3) is 36.4. The molecule has 316 valence electrons. The lowest BCUT2D eigenvalue weighted by Gasteiger charge is -2.34. The fourth-order valence-corrected chi connectivity index (χ4v) is 6.07. The summed E-state index contributed by atoms with van der Waals surface area (Å²) in [7, 11) is 5.39. The first-order valence-corrected chi connectivity index (χ1v) is 21.9. The number of carboxylic acids is 1. The summed E-state index contributed by atoms with van der Waals surface area (Å²) in [5.41, 5.74) is 0. The zero-order valence-electron chi connectivity index (χ0n) is 35.8. The molecule has 0 saturated carbocycles. The Balaban J connectivity index is 4.41. The van der Waals surface area contributed by atoms with Crippen molar-refractivity contribution in [3.63, 3.8) is 0 Å². The summed E-state index contributed by atoms with van der Waals surface area (Å²) in [5.74, 6) is -1.78. The molecule has 0 amide bonds. The second-order valence-electron chi connectivity index (χ2n) is 15.6. The molecule has 2 atom stereocenters. The van der Waals surface area contributed by atoms with E-state index in [9.17, 15) is 19.5 Å². The van der Waals surface area contributed by atoms with Crippen molar-refractivity contribution in [2.24, 2.45) is 0 Å². The van der Waals surface area contributed by atoms with Gasteiger partial charge in [0.15, 0.2) is 6.10 Å². The van der Waals surface area contributed by atoms with E-state index in [1.165, 1.54) is 57.8 Å². The summed E-state index contributed by atoms with van der Waals surface area (Å²) >= 11 is 0. The summed E-state index contributed by atoms with van der Waals surface area (Å²) in [4.78, 5) is 36.8. The lowest BCUT2D eigenvalue weighted by Crippen LogP contribution is -2.55. The van der Waals surface area contributed by atoms with Crippen LogP contribution in [0.15, 0.2) is 60.8 Å². The number of hydrogen-bond donors (Lipinski definition) is 0. The highest BCUT2D eigenvalue weighted by molar-refractivity contribution is 5.70. The molecule has 0 saturated heterocycles. The Morgan fingerprint density at radius 2 is 1.04 bits per heavy atom. The largest absolute Gasteiger partial charge is 0.544 e. The minimum atomic E-state index is -1.13. The van der Waals surface area contributed by atoms with Crippen molar-refractivity contribution in [1.29, 1.82) is 0 Å². The Kier molecular flexibility index (Phi) is 35.9. The van der Waals surface area contributed by atoms with Crippen LogP contribution in [0, 0.1) is 0 Å². The SMILES string of the molecule is CC/C=C/C=C/C=C/C=C/CCCCCCCC(=O)OC(COCCC(C(=O)[O-])[N+](C)(C)C)COC(=O)CCCCCCC/C=C/CCCCCCCCC. The van der Waals surface area contributed by atoms with E-state index < -0.39 is 18.1 Å². The molecular weight excluding hydrogens is 691 g/mol. The van der Waals surface area contributed by atoms with E-state index in [2.05, 4.69) is 44.2 Å². The topological polar surface area (TPSA) is 102 Å². The molecule has 0 radical (unpaired) electrons. The van der Waals surface area contributed by atoms with Crippen LogP contribution in [-0.2, 0) is 28.6 Å². The number of carbonyl (C=O) groups excluding carboxylic acids is 3. The van der Waals surface area contributed by atoms with Crippen molar-refractivity contribution in [1.82, 2.24) is 0 Å². The van der Waals surface area contributed by atoms with Crippen LogP contribution in [0.3, 0.4) is 0 Å². The normalized spacial score (nSPS) is 13.5. The molecule has 0 aromatic rings. The zero-order valence-corrected chi connectivity index (χ0v) is 35.8. The van der Waals surface area contributed by atoms with Crippen molar-refractivity contribution in [3.8, 4) is 0 Å². The van der Waals surface area contributed by atoms with Crippen molar-refractivity contribution in [2.45, 2.75) is 180 Å². The smallest absolute Gasteiger partial charge is 0.306 e. The van der Waals surface area contributed by atoms with E-state index in [-0.39, 0.29) is 42.7 Å². The van der Waals surface area contributed by atoms with Crippen LogP contribution in [-0.4, -0.2) is 75.5 Å². The van der Waals surface area contributed by atoms with Gasteiger partial charge in [-0.1, -0.05) is 152 Å². The first kappa shape index (κ1) is 52.0. The average Bonchev–Trinajstić information content (AvgIpc) is 3.14. The molecular formula is C47H81NO7. The van der Waals surface area contributed by atoms with Gasteiger partial charge in [-0.25, -0.2) is 0 Å². The Morgan fingerprint density at radius 3 is 1.56 bits per heavy atom. The summed E-state index contributed by atoms with van der Waals surface area (Å²) in [6.07, 6.45) is 45.3. The zero-order chi connectivity index (χ0) is 40.7. The summed E-state index contributed by atoms with van der Waals surface area (Å²) in [5, 5.41) is 11.6. The highest BCUT2D eigenvalue weighted by Crippen LogP contribution is 2.13. The Labute approximate surface area is 337 Å². The molecule has 8 heteroatoms. The number of esters is 2. The molecule has 0 aromatic heterocycles. The molecule has 0 bridgehead atoms. The monoisotopic (exact) mass is 772 g/mol. The summed E-state index contributed by atoms with van der Waals surface area (Å²) in [6, 6.07) is -0.733. The minimum Gasteiger partial charge on any atom is -0.544 e. The van der Waals surface area contributed by atoms with Gasteiger partial charge >= 0.3 is 11.9 Å². The number of unbranched alkanes of at least 4 members (excludes halogenated alkanes) is 17. The predicted octanol–water partition coefficient (Wildman–Crippen LogP) is 10.5. The van der Waals surface area contributed by atoms with E-state index in [1.807, 2.05) is 30.4 Å². The van der Waals surface area contributed by atoms with E-state index in [0.717, 1.165) is 77.0 Å². The first-order valence-electron chi connectivity index (χ1n) is 21.9. The Morgan fingerprint density at radius 1 is 0.564 bits per heavy atom. The molecule has 0 aliphatic carbocycles. The van der Waals surface area contributed by atoms with Gasteiger partial charge in [-0.3, -0.25) is 9.59 Å². The van der Waals surface area contributed by atoms with E-state index >= 15 is 0 Å². The molecule has 8 nitrogen and oxygen atoms in total. The van der Waals surface area contributed by atoms with Crippen LogP contribution in [0.5, 0.6) is 0 Å². The lowest BCUT2D eigenvalue weighted by molar-refractivity contribution is -0.889. The van der Waals surface area contributed by atoms with Crippen molar-refractivity contribution in [3.05, 3.63) is 60.8 Å². The van der Waals surface area contributed by atoms with Gasteiger partial charge in [-0.2, -0.15) is 0 Å². The fraction of sp³-hybridized carbons (Fsp3) is 0.723. The van der Waals surface area contributed by atoms with Gasteiger partial charge in [0.1, 0.15) is 12.6 Å². The maximum absolute atomic E-state index is 12.7. The van der Waals surface area contributed by atoms with Crippen LogP contribution in [0.2, 0.25) is 0 Å². The van der Waals surface area contributed by atoms with E-state index in [1.54, 1.807) is 21.1 Å². The number of nitrogens with zero attached hydrogens (tertiary/aromatic N) is 1. The van der Waals surface area contributed by atoms with Gasteiger partial charge in [-0.05, 0) is 57.8 Å². The summed E-state index contributed by atoms with van der Waals surface area (Å²) in [6.45, 7) is 4.48. The van der Waals surface area contributed by atoms with Crippen LogP contribution >= 0.6 is 0 Å². The van der Waals surface area contributed by atoms with Crippen molar-refractivity contribution in [2.75, 3.05) is 41.0 Å². The quantitative estimate of drug-likeness (QED) is 0.0202. The number of quaternary nitrogens is 1. The van der Waals surface area contributed by atoms with Gasteiger partial charge in [-0.15, -0.1) is 0 Å². The molecule has 0 N–H and O–H groups in total. The summed E-state index contributed by atoms with van der Waals surface area (Å²) < 4.78 is 17.1. The maximum atomic E-state index is 12.7. The van der Waals surface area contributed by atoms with Gasteiger partial charge in [0, 0.05) is 19.3 Å². The molecule has 0 rings (SSSR count). The second-order valence-corrected chi connectivity index (χ2v) is 15.6. The highest BCUT2D eigenvalue weighted by Gasteiger charge is 2.25. The number of ether oxygens (including phenoxy) is 3. The van der Waals surface area contributed by atoms with Crippen LogP contribution in [0.1, 0.15) is 168 Å². The molecule has 55 heavy (non-hydrogen) atoms. The van der Waals surface area contributed by atoms with Gasteiger partial charge in [0.2, 0.25) is 0 Å². The fourth-order valence-electron chi connectivity index (χ4n) is 6.07. The van der Waals surface area contributed by atoms with Gasteiger partial charge in [0.25, 0.3) is 0 Å². The first-order chi connectivity index (χ1) is 26.6. The number of carbonyl (C=O) groups is 3. The minimum absolute atomic E-state index is 0.0261. The Bertz CT molecular complexity index is 1090. The number of carboxylic acid groups (broad SMARTS) is 1. The molecule has 0 aromatic carbocycles. The predicted molar refractivity (Wildman–Crippen MR) is 226 cm³/mol. The second kappa shape index (κ2) is 37.9. The molecule has 0 fully saturated rings. The third-order valence-corrected chi connectivity index (χ3v) is 9.48. The molecule has 0 heterocycles. The molecule has 2 unspecified atom stereocenters. The molecule has 0 spiro atoms. The van der Waals surface area contributed by atoms with E-state index in [0.29, 0.717) is 12.8 Å². The van der Waals surface area contributed by atoms with Crippen LogP contribution in [0.25, 0.3) is 0 Å². The number of aliphatic carboxylic acids is 1. The number of rotatable bonds is 38. The highest BCUT2D eigenvalue weighted by atomic mass is 16.6. The van der Waals surface area contributed by atoms with Crippen molar-refractivity contribution < 1.29 is 38.2 Å². The van der Waals surface area contributed by atoms with Crippen LogP contribution in [0.4, 0.5) is 0 Å². The van der Waals surface area contributed by atoms with Crippen molar-refractivity contribution >= 4 is 17.9 Å². The lowest BCUT2D eigenvalue weighted by atomic mass is 10.1. The maximum Gasteiger partial charge on any atom is 0.306 e. The molecule has 0 aliphatic rings. The third-order valence-electron chi connectivity index (χ3n) is 9.48. The average molecular weight is 772 g/mol. The Hall–Kier alpha value is -2.97. The molecule has 0 aliphatic heterocycles. The number of likely N-dealkylation sites (N-methyl/N-ethyl adjacent to an activating group) is 1. The van der Waals surface area contributed by atoms with E-state index in [4.69, 9.17) is 14.2 Å². The standard InChI is InChI=1S/C47H81NO7/c1-6-8-10-12-14-16-18-20-22-24-25-27-29-31-33-35-37-45(49)54-42-43(41-53-40-39-44(47(51)52)48(3,4)5)55-46(50)38-36-34-32-30-28-26-23-21-19-17-15-13-11-9-7-2/h9,11,13,15,17,19,21-24,43-44H,6-8,10,12,14,16,18,20,25-42H2,1-5H3/b11-9+,15-13+,19-17+,23-21+,24-22+. The number of hydrogen-bond acceptors (Lipinski definition) is 7. The number of allylic oxidation sites excluding steroid dienone is 10. The van der Waals surface area contributed by atoms with Gasteiger partial charge < -0.3 is 28.6 Å². The van der Waals surface area contributed by atoms with Crippen LogP contribution < -0.4 is 5.11 Å².